The molecule has 3 rings (SSSR count). The lowest BCUT2D eigenvalue weighted by Gasteiger charge is -2.36. The maximum Gasteiger partial charge on any atom is 0.471 e. The number of carbonyl (C=O) groups excluding carboxylic acids is 2. The normalized spacial score (nSPS) is 14.2. The smallest absolute Gasteiger partial charge is 0.368 e. The van der Waals surface area contributed by atoms with Crippen LogP contribution in [0.5, 0.6) is 0 Å². The first-order valence-electron chi connectivity index (χ1n) is 9.33. The highest BCUT2D eigenvalue weighted by Gasteiger charge is 2.43. The fraction of sp³-hybridized carbons (Fsp3) is 0.250. The van der Waals surface area contributed by atoms with E-state index < -0.39 is 18.0 Å². The van der Waals surface area contributed by atoms with Gasteiger partial charge in [-0.25, -0.2) is 0 Å². The molecule has 1 aliphatic rings. The van der Waals surface area contributed by atoms with Gasteiger partial charge in [0.1, 0.15) is 0 Å². The predicted octanol–water partition coefficient (Wildman–Crippen LogP) is 4.33. The van der Waals surface area contributed by atoms with Crippen molar-refractivity contribution in [1.82, 2.24) is 10.2 Å². The summed E-state index contributed by atoms with van der Waals surface area (Å²) < 4.78 is 37.7. The van der Waals surface area contributed by atoms with Crippen LogP contribution in [-0.4, -0.2) is 54.2 Å². The van der Waals surface area contributed by atoms with Crippen molar-refractivity contribution in [3.8, 4) is 0 Å². The minimum absolute atomic E-state index is 0.0107. The molecule has 12 heteroatoms. The van der Waals surface area contributed by atoms with E-state index in [9.17, 15) is 22.8 Å². The third kappa shape index (κ3) is 6.02. The number of nitrogens with one attached hydrogen (secondary N) is 2. The van der Waals surface area contributed by atoms with Crippen molar-refractivity contribution in [2.75, 3.05) is 36.4 Å². The largest absolute Gasteiger partial charge is 0.471 e. The van der Waals surface area contributed by atoms with Crippen molar-refractivity contribution in [3.63, 3.8) is 0 Å². The minimum atomic E-state index is -4.86. The van der Waals surface area contributed by atoms with Crippen LogP contribution in [0.15, 0.2) is 42.5 Å². The summed E-state index contributed by atoms with van der Waals surface area (Å²) in [6.45, 7) is 0.547. The first-order chi connectivity index (χ1) is 15.0. The number of alkyl halides is 3. The monoisotopic (exact) mass is 504 g/mol. The Morgan fingerprint density at radius 1 is 0.938 bits per heavy atom. The summed E-state index contributed by atoms with van der Waals surface area (Å²) in [6.07, 6.45) is -4.86. The number of halogens is 5. The van der Waals surface area contributed by atoms with Crippen LogP contribution in [0.4, 0.5) is 24.5 Å². The maximum atomic E-state index is 12.6. The first kappa shape index (κ1) is 24.1. The maximum absolute atomic E-state index is 12.6. The fourth-order valence-electron chi connectivity index (χ4n) is 3.08. The third-order valence-electron chi connectivity index (χ3n) is 4.71. The minimum Gasteiger partial charge on any atom is -0.368 e. The lowest BCUT2D eigenvalue weighted by atomic mass is 10.2. The van der Waals surface area contributed by atoms with Crippen LogP contribution in [0, 0.1) is 0 Å². The molecule has 0 spiro atoms. The van der Waals surface area contributed by atoms with Crippen molar-refractivity contribution in [1.29, 1.82) is 0 Å². The summed E-state index contributed by atoms with van der Waals surface area (Å²) in [5.74, 6) is -2.27. The van der Waals surface area contributed by atoms with Gasteiger partial charge in [-0.15, -0.1) is 0 Å². The summed E-state index contributed by atoms with van der Waals surface area (Å²) in [6, 6.07) is 11.4. The van der Waals surface area contributed by atoms with E-state index in [4.69, 9.17) is 35.4 Å². The molecule has 0 radical (unpaired) electrons. The molecule has 2 aromatic rings. The number of rotatable bonds is 3. The van der Waals surface area contributed by atoms with Crippen LogP contribution >= 0.6 is 35.4 Å². The number of anilines is 2. The quantitative estimate of drug-likeness (QED) is 0.609. The summed E-state index contributed by atoms with van der Waals surface area (Å²) in [4.78, 5) is 26.3. The number of hydrogen-bond donors (Lipinski definition) is 2. The highest BCUT2D eigenvalue weighted by molar-refractivity contribution is 7.80. The van der Waals surface area contributed by atoms with Crippen LogP contribution in [0.3, 0.4) is 0 Å². The first-order valence-corrected chi connectivity index (χ1v) is 10.5. The van der Waals surface area contributed by atoms with Gasteiger partial charge >= 0.3 is 12.1 Å². The molecule has 32 heavy (non-hydrogen) atoms. The summed E-state index contributed by atoms with van der Waals surface area (Å²) in [7, 11) is 0. The molecule has 0 saturated carbocycles. The van der Waals surface area contributed by atoms with E-state index >= 15 is 0 Å². The average Bonchev–Trinajstić information content (AvgIpc) is 2.75. The molecule has 2 N–H and O–H groups in total. The number of thiocarbonyl (C=S) groups is 1. The van der Waals surface area contributed by atoms with Crippen molar-refractivity contribution in [3.05, 3.63) is 58.1 Å². The van der Waals surface area contributed by atoms with Crippen molar-refractivity contribution >= 4 is 63.7 Å². The Kier molecular flexibility index (Phi) is 7.47. The highest BCUT2D eigenvalue weighted by Crippen LogP contribution is 2.24. The molecule has 0 unspecified atom stereocenters. The van der Waals surface area contributed by atoms with E-state index in [1.54, 1.807) is 24.3 Å². The SMILES string of the molecule is O=C(NC(=S)Nc1ccc(N2CCN(C(=O)C(F)(F)F)CC2)cc1)c1ccc(Cl)c(Cl)c1. The van der Waals surface area contributed by atoms with Crippen LogP contribution < -0.4 is 15.5 Å². The summed E-state index contributed by atoms with van der Waals surface area (Å²) in [5, 5.41) is 6.07. The van der Waals surface area contributed by atoms with Gasteiger partial charge in [-0.3, -0.25) is 14.9 Å². The lowest BCUT2D eigenvalue weighted by molar-refractivity contribution is -0.185. The fourth-order valence-corrected chi connectivity index (χ4v) is 3.59. The molecule has 170 valence electrons. The third-order valence-corrected chi connectivity index (χ3v) is 5.65. The number of nitrogens with zero attached hydrogens (tertiary/aromatic N) is 2. The molecule has 2 amide bonds. The molecule has 1 fully saturated rings. The second-order valence-corrected chi connectivity index (χ2v) is 8.08. The molecule has 0 aliphatic carbocycles. The van der Waals surface area contributed by atoms with Gasteiger partial charge in [0, 0.05) is 43.1 Å². The summed E-state index contributed by atoms with van der Waals surface area (Å²) in [5.41, 5.74) is 1.70. The highest BCUT2D eigenvalue weighted by atomic mass is 35.5. The van der Waals surface area contributed by atoms with Crippen molar-refractivity contribution < 1.29 is 22.8 Å². The Morgan fingerprint density at radius 3 is 2.12 bits per heavy atom. The van der Waals surface area contributed by atoms with Crippen molar-refractivity contribution in [2.45, 2.75) is 6.18 Å². The summed E-state index contributed by atoms with van der Waals surface area (Å²) >= 11 is 16.9. The zero-order chi connectivity index (χ0) is 23.5. The van der Waals surface area contributed by atoms with E-state index in [-0.39, 0.29) is 36.3 Å². The van der Waals surface area contributed by atoms with Gasteiger partial charge in [0.05, 0.1) is 10.0 Å². The number of hydrogen-bond acceptors (Lipinski definition) is 4. The lowest BCUT2D eigenvalue weighted by Crippen LogP contribution is -2.52. The van der Waals surface area contributed by atoms with Gasteiger partial charge in [0.15, 0.2) is 5.11 Å². The second-order valence-electron chi connectivity index (χ2n) is 6.86. The number of carbonyl (C=O) groups is 2. The molecular weight excluding hydrogens is 488 g/mol. The molecule has 0 bridgehead atoms. The zero-order valence-electron chi connectivity index (χ0n) is 16.4. The zero-order valence-corrected chi connectivity index (χ0v) is 18.7. The van der Waals surface area contributed by atoms with Crippen LogP contribution in [-0.2, 0) is 4.79 Å². The second kappa shape index (κ2) is 9.93. The average molecular weight is 505 g/mol. The van der Waals surface area contributed by atoms with Crippen molar-refractivity contribution in [2.24, 2.45) is 0 Å². The standard InChI is InChI=1S/C20H17Cl2F3N4O2S/c21-15-6-1-12(11-16(15)22)17(30)27-19(32)26-13-2-4-14(5-3-13)28-7-9-29(10-8-28)18(31)20(23,24)25/h1-6,11H,7-10H2,(H2,26,27,30,32). The van der Waals surface area contributed by atoms with Crippen LogP contribution in [0.1, 0.15) is 10.4 Å². The van der Waals surface area contributed by atoms with E-state index in [0.29, 0.717) is 16.3 Å². The van der Waals surface area contributed by atoms with E-state index in [1.807, 2.05) is 4.90 Å². The molecule has 6 nitrogen and oxygen atoms in total. The molecule has 0 atom stereocenters. The van der Waals surface area contributed by atoms with Crippen LogP contribution in [0.2, 0.25) is 10.0 Å². The van der Waals surface area contributed by atoms with Gasteiger partial charge in [-0.2, -0.15) is 13.2 Å². The Hall–Kier alpha value is -2.56. The van der Waals surface area contributed by atoms with Crippen LogP contribution in [0.25, 0.3) is 0 Å². The molecule has 1 aliphatic heterocycles. The molecule has 0 aromatic heterocycles. The van der Waals surface area contributed by atoms with E-state index in [1.165, 1.54) is 18.2 Å². The molecule has 1 saturated heterocycles. The number of piperazine rings is 1. The van der Waals surface area contributed by atoms with E-state index in [0.717, 1.165) is 10.6 Å². The Bertz CT molecular complexity index is 1030. The Balaban J connectivity index is 1.52. The topological polar surface area (TPSA) is 64.7 Å². The van der Waals surface area contributed by atoms with Gasteiger partial charge in [-0.1, -0.05) is 23.2 Å². The number of benzene rings is 2. The molecule has 2 aromatic carbocycles. The van der Waals surface area contributed by atoms with Gasteiger partial charge < -0.3 is 15.1 Å². The van der Waals surface area contributed by atoms with Gasteiger partial charge in [0.2, 0.25) is 0 Å². The Labute approximate surface area is 197 Å². The Morgan fingerprint density at radius 2 is 1.56 bits per heavy atom. The predicted molar refractivity (Wildman–Crippen MR) is 121 cm³/mol. The molecular formula is C20H17Cl2F3N4O2S. The van der Waals surface area contributed by atoms with Gasteiger partial charge in [0.25, 0.3) is 5.91 Å². The molecule has 1 heterocycles. The number of amides is 2. The van der Waals surface area contributed by atoms with Gasteiger partial charge in [-0.05, 0) is 54.7 Å². The van der Waals surface area contributed by atoms with E-state index in [2.05, 4.69) is 10.6 Å².